The standard InChI is InChI=1S/C25H31N5O3/c1-29(2)9-10-33-19-8-7-16-14-30(15-17(16)11-19)25(32)21-12-20-22(13-23(21)31)27-28-24(20)26-18-5-3-4-6-18/h7-8,11-13,18,31H,3-6,9-10,14-15H2,1-2H3,(H2,26,27,28). The number of phenols is 1. The van der Waals surface area contributed by atoms with E-state index in [1.54, 1.807) is 17.0 Å². The van der Waals surface area contributed by atoms with Gasteiger partial charge in [-0.05, 0) is 56.3 Å². The Bertz CT molecular complexity index is 1170. The van der Waals surface area contributed by atoms with Crippen molar-refractivity contribution in [2.45, 2.75) is 44.8 Å². The first-order valence-corrected chi connectivity index (χ1v) is 11.6. The molecule has 2 aliphatic rings. The van der Waals surface area contributed by atoms with E-state index < -0.39 is 0 Å². The highest BCUT2D eigenvalue weighted by Crippen LogP contribution is 2.33. The van der Waals surface area contributed by atoms with Crippen molar-refractivity contribution in [2.24, 2.45) is 0 Å². The quantitative estimate of drug-likeness (QED) is 0.509. The second kappa shape index (κ2) is 8.94. The second-order valence-corrected chi connectivity index (χ2v) is 9.36. The highest BCUT2D eigenvalue weighted by Gasteiger charge is 2.27. The van der Waals surface area contributed by atoms with Crippen molar-refractivity contribution in [3.63, 3.8) is 0 Å². The number of phenolic OH excluding ortho intramolecular Hbond substituents is 1. The Morgan fingerprint density at radius 1 is 1.21 bits per heavy atom. The Morgan fingerprint density at radius 3 is 2.79 bits per heavy atom. The van der Waals surface area contributed by atoms with E-state index >= 15 is 0 Å². The molecule has 33 heavy (non-hydrogen) atoms. The van der Waals surface area contributed by atoms with Gasteiger partial charge in [0.05, 0.1) is 11.1 Å². The molecule has 8 heteroatoms. The number of aromatic nitrogens is 2. The van der Waals surface area contributed by atoms with Gasteiger partial charge in [0, 0.05) is 37.1 Å². The van der Waals surface area contributed by atoms with Gasteiger partial charge in [-0.3, -0.25) is 9.89 Å². The summed E-state index contributed by atoms with van der Waals surface area (Å²) in [5.41, 5.74) is 3.20. The van der Waals surface area contributed by atoms with E-state index in [1.807, 2.05) is 32.3 Å². The minimum Gasteiger partial charge on any atom is -0.507 e. The van der Waals surface area contributed by atoms with Gasteiger partial charge >= 0.3 is 0 Å². The molecule has 3 aromatic rings. The maximum absolute atomic E-state index is 13.4. The van der Waals surface area contributed by atoms with Crippen LogP contribution in [0.25, 0.3) is 10.9 Å². The molecular weight excluding hydrogens is 418 g/mol. The van der Waals surface area contributed by atoms with Crippen molar-refractivity contribution < 1.29 is 14.6 Å². The average Bonchev–Trinajstić information content (AvgIpc) is 3.53. The predicted octanol–water partition coefficient (Wildman–Crippen LogP) is 3.72. The van der Waals surface area contributed by atoms with Crippen molar-refractivity contribution >= 4 is 22.6 Å². The zero-order valence-corrected chi connectivity index (χ0v) is 19.2. The van der Waals surface area contributed by atoms with Crippen LogP contribution in [0.3, 0.4) is 0 Å². The molecule has 3 N–H and O–H groups in total. The van der Waals surface area contributed by atoms with E-state index in [-0.39, 0.29) is 11.7 Å². The Hall–Kier alpha value is -3.26. The summed E-state index contributed by atoms with van der Waals surface area (Å²) in [6.45, 7) is 2.47. The van der Waals surface area contributed by atoms with Gasteiger partial charge in [-0.25, -0.2) is 0 Å². The summed E-state index contributed by atoms with van der Waals surface area (Å²) in [5, 5.41) is 22.3. The summed E-state index contributed by atoms with van der Waals surface area (Å²) in [4.78, 5) is 17.2. The Kier molecular flexibility index (Phi) is 5.85. The molecule has 8 nitrogen and oxygen atoms in total. The molecule has 1 fully saturated rings. The van der Waals surface area contributed by atoms with Gasteiger partial charge in [-0.1, -0.05) is 18.9 Å². The van der Waals surface area contributed by atoms with Crippen LogP contribution in [0.5, 0.6) is 11.5 Å². The van der Waals surface area contributed by atoms with Gasteiger partial charge in [0.25, 0.3) is 5.91 Å². The fourth-order valence-corrected chi connectivity index (χ4v) is 4.72. The third-order valence-electron chi connectivity index (χ3n) is 6.60. The molecule has 1 aliphatic heterocycles. The molecule has 2 heterocycles. The molecule has 174 valence electrons. The molecule has 0 radical (unpaired) electrons. The second-order valence-electron chi connectivity index (χ2n) is 9.36. The lowest BCUT2D eigenvalue weighted by molar-refractivity contribution is 0.0748. The van der Waals surface area contributed by atoms with Crippen molar-refractivity contribution in [3.05, 3.63) is 47.0 Å². The van der Waals surface area contributed by atoms with Crippen LogP contribution >= 0.6 is 0 Å². The summed E-state index contributed by atoms with van der Waals surface area (Å²) in [7, 11) is 4.03. The lowest BCUT2D eigenvalue weighted by atomic mass is 10.1. The number of hydrogen-bond acceptors (Lipinski definition) is 6. The van der Waals surface area contributed by atoms with Crippen molar-refractivity contribution in [1.82, 2.24) is 20.0 Å². The molecule has 5 rings (SSSR count). The largest absolute Gasteiger partial charge is 0.507 e. The van der Waals surface area contributed by atoms with Crippen LogP contribution in [-0.2, 0) is 13.1 Å². The van der Waals surface area contributed by atoms with Crippen LogP contribution in [0.4, 0.5) is 5.82 Å². The van der Waals surface area contributed by atoms with E-state index in [4.69, 9.17) is 4.74 Å². The predicted molar refractivity (Wildman–Crippen MR) is 128 cm³/mol. The summed E-state index contributed by atoms with van der Waals surface area (Å²) in [6, 6.07) is 9.75. The van der Waals surface area contributed by atoms with Gasteiger partial charge in [-0.2, -0.15) is 5.10 Å². The molecule has 0 spiro atoms. The number of aromatic hydroxyl groups is 1. The van der Waals surface area contributed by atoms with Crippen molar-refractivity contribution in [2.75, 3.05) is 32.6 Å². The molecule has 1 aliphatic carbocycles. The minimum atomic E-state index is -0.186. The number of carbonyl (C=O) groups is 1. The molecule has 2 aromatic carbocycles. The van der Waals surface area contributed by atoms with E-state index in [0.29, 0.717) is 36.8 Å². The fourth-order valence-electron chi connectivity index (χ4n) is 4.72. The number of benzene rings is 2. The van der Waals surface area contributed by atoms with Crippen LogP contribution < -0.4 is 10.1 Å². The SMILES string of the molecule is CN(C)CCOc1ccc2c(c1)CN(C(=O)c1cc3c(NC4CCCC4)n[nH]c3cc1O)C2. The number of likely N-dealkylation sites (N-methyl/N-ethyl adjacent to an activating group) is 1. The molecule has 0 atom stereocenters. The van der Waals surface area contributed by atoms with Gasteiger partial charge < -0.3 is 25.0 Å². The minimum absolute atomic E-state index is 0.0350. The third kappa shape index (κ3) is 4.48. The summed E-state index contributed by atoms with van der Waals surface area (Å²) in [5.74, 6) is 1.34. The first kappa shape index (κ1) is 21.6. The average molecular weight is 450 g/mol. The summed E-state index contributed by atoms with van der Waals surface area (Å²) >= 11 is 0. The molecule has 1 saturated carbocycles. The molecule has 0 bridgehead atoms. The van der Waals surface area contributed by atoms with E-state index in [0.717, 1.165) is 47.5 Å². The third-order valence-corrected chi connectivity index (χ3v) is 6.60. The first-order chi connectivity index (χ1) is 16.0. The number of rotatable bonds is 7. The molecule has 1 aromatic heterocycles. The smallest absolute Gasteiger partial charge is 0.258 e. The highest BCUT2D eigenvalue weighted by atomic mass is 16.5. The van der Waals surface area contributed by atoms with Crippen LogP contribution in [0, 0.1) is 0 Å². The van der Waals surface area contributed by atoms with Crippen molar-refractivity contribution in [1.29, 1.82) is 0 Å². The lowest BCUT2D eigenvalue weighted by Gasteiger charge is -2.17. The Morgan fingerprint density at radius 2 is 2.00 bits per heavy atom. The number of aromatic amines is 1. The van der Waals surface area contributed by atoms with E-state index in [2.05, 4.69) is 20.4 Å². The summed E-state index contributed by atoms with van der Waals surface area (Å²) < 4.78 is 5.85. The Labute approximate surface area is 193 Å². The van der Waals surface area contributed by atoms with E-state index in [9.17, 15) is 9.90 Å². The lowest BCUT2D eigenvalue weighted by Crippen LogP contribution is -2.25. The fraction of sp³-hybridized carbons (Fsp3) is 0.440. The Balaban J connectivity index is 1.33. The van der Waals surface area contributed by atoms with Gasteiger partial charge in [0.2, 0.25) is 0 Å². The summed E-state index contributed by atoms with van der Waals surface area (Å²) in [6.07, 6.45) is 4.71. The first-order valence-electron chi connectivity index (χ1n) is 11.6. The van der Waals surface area contributed by atoms with E-state index in [1.165, 1.54) is 12.8 Å². The topological polar surface area (TPSA) is 93.7 Å². The van der Waals surface area contributed by atoms with Crippen LogP contribution in [0.15, 0.2) is 30.3 Å². The number of fused-ring (bicyclic) bond motifs is 2. The maximum atomic E-state index is 13.4. The van der Waals surface area contributed by atoms with Crippen LogP contribution in [-0.4, -0.2) is 64.3 Å². The van der Waals surface area contributed by atoms with Gasteiger partial charge in [0.1, 0.15) is 18.1 Å². The molecule has 1 amide bonds. The van der Waals surface area contributed by atoms with Crippen LogP contribution in [0.2, 0.25) is 0 Å². The number of H-pyrrole nitrogens is 1. The zero-order valence-electron chi connectivity index (χ0n) is 19.2. The normalized spacial score (nSPS) is 16.0. The number of ether oxygens (including phenoxy) is 1. The van der Waals surface area contributed by atoms with Crippen molar-refractivity contribution in [3.8, 4) is 11.5 Å². The number of anilines is 1. The number of nitrogens with zero attached hydrogens (tertiary/aromatic N) is 3. The number of hydrogen-bond donors (Lipinski definition) is 3. The molecule has 0 saturated heterocycles. The molecule has 0 unspecified atom stereocenters. The van der Waals surface area contributed by atoms with Gasteiger partial charge in [-0.15, -0.1) is 0 Å². The highest BCUT2D eigenvalue weighted by molar-refractivity contribution is 6.03. The van der Waals surface area contributed by atoms with Gasteiger partial charge in [0.15, 0.2) is 5.82 Å². The number of amides is 1. The maximum Gasteiger partial charge on any atom is 0.258 e. The van der Waals surface area contributed by atoms with Crippen LogP contribution in [0.1, 0.15) is 47.2 Å². The zero-order chi connectivity index (χ0) is 22.9. The number of nitrogens with one attached hydrogen (secondary N) is 2. The molecular formula is C25H31N5O3. The number of carbonyl (C=O) groups excluding carboxylic acids is 1. The monoisotopic (exact) mass is 449 g/mol.